The summed E-state index contributed by atoms with van der Waals surface area (Å²) in [4.78, 5) is 13.1. The van der Waals surface area contributed by atoms with Gasteiger partial charge in [0, 0.05) is 45.7 Å². The van der Waals surface area contributed by atoms with Crippen molar-refractivity contribution < 1.29 is 4.79 Å². The number of hydrogen-bond donors (Lipinski definition) is 3. The zero-order valence-corrected chi connectivity index (χ0v) is 8.96. The average molecular weight is 202 g/mol. The molecule has 0 aliphatic rings. The third kappa shape index (κ3) is 6.82. The number of nitrogens with one attached hydrogen (secondary N) is 1. The van der Waals surface area contributed by atoms with Crippen LogP contribution in [0.4, 0.5) is 0 Å². The van der Waals surface area contributed by atoms with Crippen molar-refractivity contribution in [2.75, 3.05) is 39.3 Å². The van der Waals surface area contributed by atoms with E-state index >= 15 is 0 Å². The lowest BCUT2D eigenvalue weighted by atomic mass is 10.4. The Balaban J connectivity index is 3.54. The highest BCUT2D eigenvalue weighted by Gasteiger charge is 2.02. The van der Waals surface area contributed by atoms with E-state index in [4.69, 9.17) is 11.5 Å². The van der Waals surface area contributed by atoms with Gasteiger partial charge in [0.2, 0.25) is 5.91 Å². The number of carbonyl (C=O) groups excluding carboxylic acids is 1. The molecule has 0 aliphatic heterocycles. The predicted octanol–water partition coefficient (Wildman–Crippen LogP) is -1.27. The summed E-state index contributed by atoms with van der Waals surface area (Å²) >= 11 is 0. The van der Waals surface area contributed by atoms with Crippen LogP contribution in [0.1, 0.15) is 13.3 Å². The molecule has 0 radical (unpaired) electrons. The molecule has 0 atom stereocenters. The highest BCUT2D eigenvalue weighted by atomic mass is 16.1. The molecule has 0 saturated carbocycles. The molecule has 14 heavy (non-hydrogen) atoms. The molecule has 5 nitrogen and oxygen atoms in total. The van der Waals surface area contributed by atoms with E-state index in [1.54, 1.807) is 0 Å². The molecule has 5 heteroatoms. The van der Waals surface area contributed by atoms with E-state index in [-0.39, 0.29) is 5.91 Å². The van der Waals surface area contributed by atoms with Gasteiger partial charge in [-0.2, -0.15) is 0 Å². The van der Waals surface area contributed by atoms with E-state index in [9.17, 15) is 4.79 Å². The van der Waals surface area contributed by atoms with Gasteiger partial charge in [-0.15, -0.1) is 0 Å². The number of nitrogens with two attached hydrogens (primary N) is 2. The molecule has 0 rings (SSSR count). The Hall–Kier alpha value is -0.650. The van der Waals surface area contributed by atoms with Gasteiger partial charge in [0.15, 0.2) is 0 Å². The van der Waals surface area contributed by atoms with Gasteiger partial charge in [-0.25, -0.2) is 0 Å². The summed E-state index contributed by atoms with van der Waals surface area (Å²) in [7, 11) is 0. The van der Waals surface area contributed by atoms with Crippen LogP contribution in [0.25, 0.3) is 0 Å². The minimum atomic E-state index is 0.0884. The van der Waals surface area contributed by atoms with Crippen LogP contribution in [-0.2, 0) is 4.79 Å². The number of hydrogen-bond acceptors (Lipinski definition) is 4. The second-order valence-electron chi connectivity index (χ2n) is 3.12. The van der Waals surface area contributed by atoms with Crippen molar-refractivity contribution in [1.29, 1.82) is 0 Å². The number of nitrogens with zero attached hydrogens (tertiary/aromatic N) is 1. The van der Waals surface area contributed by atoms with Crippen molar-refractivity contribution in [1.82, 2.24) is 10.2 Å². The van der Waals surface area contributed by atoms with Gasteiger partial charge in [0.1, 0.15) is 0 Å². The molecule has 0 unspecified atom stereocenters. The summed E-state index contributed by atoms with van der Waals surface area (Å²) in [6.07, 6.45) is 0.535. The first-order chi connectivity index (χ1) is 6.74. The molecule has 0 bridgehead atoms. The van der Waals surface area contributed by atoms with Crippen molar-refractivity contribution in [2.45, 2.75) is 13.3 Å². The van der Waals surface area contributed by atoms with Gasteiger partial charge in [-0.1, -0.05) is 6.92 Å². The van der Waals surface area contributed by atoms with Crippen LogP contribution in [0.2, 0.25) is 0 Å². The molecular weight excluding hydrogens is 180 g/mol. The highest BCUT2D eigenvalue weighted by molar-refractivity contribution is 5.75. The van der Waals surface area contributed by atoms with E-state index in [2.05, 4.69) is 10.2 Å². The summed E-state index contributed by atoms with van der Waals surface area (Å²) < 4.78 is 0. The molecular formula is C9H22N4O. The van der Waals surface area contributed by atoms with Gasteiger partial charge in [0.05, 0.1) is 0 Å². The third-order valence-corrected chi connectivity index (χ3v) is 1.96. The lowest BCUT2D eigenvalue weighted by molar-refractivity contribution is -0.120. The normalized spacial score (nSPS) is 10.6. The predicted molar refractivity (Wildman–Crippen MR) is 57.8 cm³/mol. The molecule has 84 valence electrons. The van der Waals surface area contributed by atoms with Crippen LogP contribution in [0.5, 0.6) is 0 Å². The molecule has 0 aromatic heterocycles. The Morgan fingerprint density at radius 2 is 1.79 bits per heavy atom. The van der Waals surface area contributed by atoms with Crippen molar-refractivity contribution in [2.24, 2.45) is 11.5 Å². The zero-order valence-electron chi connectivity index (χ0n) is 8.96. The molecule has 0 aromatic rings. The van der Waals surface area contributed by atoms with Crippen LogP contribution in [0.3, 0.4) is 0 Å². The fourth-order valence-corrected chi connectivity index (χ4v) is 1.18. The van der Waals surface area contributed by atoms with E-state index in [0.29, 0.717) is 26.1 Å². The summed E-state index contributed by atoms with van der Waals surface area (Å²) in [5, 5.41) is 2.82. The Morgan fingerprint density at radius 1 is 1.21 bits per heavy atom. The largest absolute Gasteiger partial charge is 0.355 e. The Kier molecular flexibility index (Phi) is 8.51. The second kappa shape index (κ2) is 8.93. The molecule has 0 saturated heterocycles. The smallest absolute Gasteiger partial charge is 0.219 e. The van der Waals surface area contributed by atoms with Crippen LogP contribution < -0.4 is 16.8 Å². The van der Waals surface area contributed by atoms with Crippen LogP contribution >= 0.6 is 0 Å². The fourth-order valence-electron chi connectivity index (χ4n) is 1.18. The number of amides is 1. The lowest BCUT2D eigenvalue weighted by Gasteiger charge is -2.20. The quantitative estimate of drug-likeness (QED) is 0.458. The van der Waals surface area contributed by atoms with E-state index in [0.717, 1.165) is 19.6 Å². The molecule has 5 N–H and O–H groups in total. The van der Waals surface area contributed by atoms with Crippen LogP contribution in [0, 0.1) is 0 Å². The standard InChI is InChI=1S/C9H22N4O/c1-2-9(14)12-5-8-13(6-3-10)7-4-11/h2-8,10-11H2,1H3,(H,12,14). The Morgan fingerprint density at radius 3 is 2.21 bits per heavy atom. The maximum Gasteiger partial charge on any atom is 0.219 e. The topological polar surface area (TPSA) is 84.4 Å². The summed E-state index contributed by atoms with van der Waals surface area (Å²) in [5.41, 5.74) is 10.9. The van der Waals surface area contributed by atoms with Gasteiger partial charge in [0.25, 0.3) is 0 Å². The maximum atomic E-state index is 10.9. The third-order valence-electron chi connectivity index (χ3n) is 1.96. The maximum absolute atomic E-state index is 10.9. The minimum absolute atomic E-state index is 0.0884. The van der Waals surface area contributed by atoms with Crippen molar-refractivity contribution in [3.8, 4) is 0 Å². The molecule has 1 amide bonds. The van der Waals surface area contributed by atoms with Gasteiger partial charge in [-0.05, 0) is 0 Å². The Bertz CT molecular complexity index is 146. The van der Waals surface area contributed by atoms with E-state index < -0.39 is 0 Å². The summed E-state index contributed by atoms with van der Waals surface area (Å²) in [6.45, 7) is 6.25. The van der Waals surface area contributed by atoms with Gasteiger partial charge < -0.3 is 16.8 Å². The lowest BCUT2D eigenvalue weighted by Crippen LogP contribution is -2.39. The van der Waals surface area contributed by atoms with Gasteiger partial charge in [-0.3, -0.25) is 9.69 Å². The Labute approximate surface area is 85.8 Å². The minimum Gasteiger partial charge on any atom is -0.355 e. The first kappa shape index (κ1) is 13.4. The van der Waals surface area contributed by atoms with Gasteiger partial charge >= 0.3 is 0 Å². The van der Waals surface area contributed by atoms with Crippen LogP contribution in [-0.4, -0.2) is 50.1 Å². The van der Waals surface area contributed by atoms with Crippen molar-refractivity contribution in [3.63, 3.8) is 0 Å². The number of rotatable bonds is 8. The van der Waals surface area contributed by atoms with E-state index in [1.807, 2.05) is 6.92 Å². The second-order valence-corrected chi connectivity index (χ2v) is 3.12. The fraction of sp³-hybridized carbons (Fsp3) is 0.889. The summed E-state index contributed by atoms with van der Waals surface area (Å²) in [5.74, 6) is 0.0884. The monoisotopic (exact) mass is 202 g/mol. The SMILES string of the molecule is CCC(=O)NCCN(CCN)CCN. The number of carbonyl (C=O) groups is 1. The average Bonchev–Trinajstić information content (AvgIpc) is 2.18. The van der Waals surface area contributed by atoms with E-state index in [1.165, 1.54) is 0 Å². The highest BCUT2D eigenvalue weighted by Crippen LogP contribution is 1.84. The molecule has 0 fully saturated rings. The molecule has 0 aromatic carbocycles. The molecule has 0 heterocycles. The van der Waals surface area contributed by atoms with Crippen molar-refractivity contribution in [3.05, 3.63) is 0 Å². The molecule has 0 aliphatic carbocycles. The first-order valence-corrected chi connectivity index (χ1v) is 5.13. The summed E-state index contributed by atoms with van der Waals surface area (Å²) in [6, 6.07) is 0. The van der Waals surface area contributed by atoms with Crippen LogP contribution in [0.15, 0.2) is 0 Å². The van der Waals surface area contributed by atoms with Crippen molar-refractivity contribution >= 4 is 5.91 Å². The molecule has 0 spiro atoms. The zero-order chi connectivity index (χ0) is 10.8. The first-order valence-electron chi connectivity index (χ1n) is 5.13.